The molecule has 0 bridgehead atoms. The summed E-state index contributed by atoms with van der Waals surface area (Å²) in [7, 11) is 0. The molecular formula is C8H8Br2N2O. The van der Waals surface area contributed by atoms with Crippen LogP contribution in [0, 0.1) is 0 Å². The summed E-state index contributed by atoms with van der Waals surface area (Å²) in [5, 5.41) is 9.13. The fourth-order valence-electron chi connectivity index (χ4n) is 1.27. The molecule has 0 unspecified atom stereocenters. The summed E-state index contributed by atoms with van der Waals surface area (Å²) >= 11 is 6.76. The number of aromatic nitrogens is 1. The number of aliphatic hydroxyl groups excluding tert-OH is 1. The van der Waals surface area contributed by atoms with E-state index in [4.69, 9.17) is 5.11 Å². The van der Waals surface area contributed by atoms with Crippen LogP contribution >= 0.6 is 31.9 Å². The summed E-state index contributed by atoms with van der Waals surface area (Å²) in [4.78, 5) is 6.28. The Kier molecular flexibility index (Phi) is 2.58. The minimum atomic E-state index is -0.197. The van der Waals surface area contributed by atoms with Crippen molar-refractivity contribution >= 4 is 37.7 Å². The number of nitrogens with zero attached hydrogens (tertiary/aromatic N) is 2. The molecule has 2 heterocycles. The standard InChI is InChI=1S/C8H8Br2N2O/c9-5-1-7(10)8(11-2-5)12-3-6(13)4-12/h1-2,6,13H,3-4H2. The van der Waals surface area contributed by atoms with Gasteiger partial charge in [-0.2, -0.15) is 0 Å². The molecule has 1 aliphatic rings. The smallest absolute Gasteiger partial charge is 0.143 e. The lowest BCUT2D eigenvalue weighted by atomic mass is 10.2. The first-order valence-corrected chi connectivity index (χ1v) is 5.49. The number of pyridine rings is 1. The van der Waals surface area contributed by atoms with E-state index in [0.29, 0.717) is 13.1 Å². The maximum absolute atomic E-state index is 9.13. The van der Waals surface area contributed by atoms with Gasteiger partial charge in [-0.1, -0.05) is 0 Å². The van der Waals surface area contributed by atoms with E-state index in [-0.39, 0.29) is 6.10 Å². The fourth-order valence-corrected chi connectivity index (χ4v) is 2.51. The highest BCUT2D eigenvalue weighted by Gasteiger charge is 2.26. The monoisotopic (exact) mass is 306 g/mol. The fraction of sp³-hybridized carbons (Fsp3) is 0.375. The van der Waals surface area contributed by atoms with Gasteiger partial charge >= 0.3 is 0 Å². The van der Waals surface area contributed by atoms with E-state index >= 15 is 0 Å². The second kappa shape index (κ2) is 3.55. The predicted octanol–water partition coefficient (Wildman–Crippen LogP) is 1.79. The molecule has 1 N–H and O–H groups in total. The van der Waals surface area contributed by atoms with E-state index in [1.54, 1.807) is 6.20 Å². The third-order valence-corrected chi connectivity index (χ3v) is 2.97. The molecule has 0 aromatic carbocycles. The molecule has 0 saturated carbocycles. The zero-order chi connectivity index (χ0) is 9.42. The van der Waals surface area contributed by atoms with Crippen LogP contribution in [0.5, 0.6) is 0 Å². The van der Waals surface area contributed by atoms with E-state index in [1.807, 2.05) is 11.0 Å². The average molecular weight is 308 g/mol. The largest absolute Gasteiger partial charge is 0.389 e. The molecule has 0 atom stereocenters. The van der Waals surface area contributed by atoms with Gasteiger partial charge in [-0.25, -0.2) is 4.98 Å². The number of hydrogen-bond donors (Lipinski definition) is 1. The molecule has 0 spiro atoms. The molecule has 1 fully saturated rings. The summed E-state index contributed by atoms with van der Waals surface area (Å²) in [6, 6.07) is 1.95. The van der Waals surface area contributed by atoms with Crippen LogP contribution in [0.15, 0.2) is 21.2 Å². The summed E-state index contributed by atoms with van der Waals surface area (Å²) in [6.45, 7) is 1.35. The Bertz CT molecular complexity index is 326. The number of aliphatic hydroxyl groups is 1. The van der Waals surface area contributed by atoms with E-state index in [0.717, 1.165) is 14.8 Å². The zero-order valence-corrected chi connectivity index (χ0v) is 9.92. The molecule has 0 aliphatic carbocycles. The number of anilines is 1. The lowest BCUT2D eigenvalue weighted by Crippen LogP contribution is -2.51. The lowest BCUT2D eigenvalue weighted by Gasteiger charge is -2.37. The van der Waals surface area contributed by atoms with Crippen molar-refractivity contribution in [2.45, 2.75) is 6.10 Å². The van der Waals surface area contributed by atoms with E-state index in [2.05, 4.69) is 36.8 Å². The topological polar surface area (TPSA) is 36.4 Å². The molecule has 13 heavy (non-hydrogen) atoms. The van der Waals surface area contributed by atoms with Crippen molar-refractivity contribution in [1.29, 1.82) is 0 Å². The minimum absolute atomic E-state index is 0.197. The minimum Gasteiger partial charge on any atom is -0.389 e. The van der Waals surface area contributed by atoms with Gasteiger partial charge in [-0.3, -0.25) is 0 Å². The summed E-state index contributed by atoms with van der Waals surface area (Å²) < 4.78 is 1.90. The van der Waals surface area contributed by atoms with Gasteiger partial charge in [-0.15, -0.1) is 0 Å². The quantitative estimate of drug-likeness (QED) is 0.859. The van der Waals surface area contributed by atoms with Crippen LogP contribution < -0.4 is 4.90 Å². The van der Waals surface area contributed by atoms with Crippen LogP contribution in [-0.2, 0) is 0 Å². The first kappa shape index (κ1) is 9.43. The molecule has 2 rings (SSSR count). The van der Waals surface area contributed by atoms with Crippen molar-refractivity contribution < 1.29 is 5.11 Å². The Morgan fingerprint density at radius 3 is 2.69 bits per heavy atom. The van der Waals surface area contributed by atoms with Crippen molar-refractivity contribution in [2.75, 3.05) is 18.0 Å². The number of rotatable bonds is 1. The Morgan fingerprint density at radius 2 is 2.15 bits per heavy atom. The highest BCUT2D eigenvalue weighted by atomic mass is 79.9. The van der Waals surface area contributed by atoms with Gasteiger partial charge in [0.25, 0.3) is 0 Å². The first-order chi connectivity index (χ1) is 6.16. The SMILES string of the molecule is OC1CN(c2ncc(Br)cc2Br)C1. The van der Waals surface area contributed by atoms with Crippen molar-refractivity contribution in [3.63, 3.8) is 0 Å². The second-order valence-electron chi connectivity index (χ2n) is 3.02. The van der Waals surface area contributed by atoms with Gasteiger partial charge in [-0.05, 0) is 37.9 Å². The van der Waals surface area contributed by atoms with Crippen molar-refractivity contribution in [3.05, 3.63) is 21.2 Å². The maximum Gasteiger partial charge on any atom is 0.143 e. The van der Waals surface area contributed by atoms with Gasteiger partial charge in [0.05, 0.1) is 10.6 Å². The van der Waals surface area contributed by atoms with Gasteiger partial charge in [0.1, 0.15) is 5.82 Å². The van der Waals surface area contributed by atoms with Gasteiger partial charge < -0.3 is 10.0 Å². The van der Waals surface area contributed by atoms with Crippen molar-refractivity contribution in [2.24, 2.45) is 0 Å². The second-order valence-corrected chi connectivity index (χ2v) is 4.79. The normalized spacial score (nSPS) is 17.3. The van der Waals surface area contributed by atoms with E-state index in [1.165, 1.54) is 0 Å². The lowest BCUT2D eigenvalue weighted by molar-refractivity contribution is 0.141. The third kappa shape index (κ3) is 1.87. The molecule has 1 aliphatic heterocycles. The van der Waals surface area contributed by atoms with Crippen molar-refractivity contribution in [1.82, 2.24) is 4.98 Å². The van der Waals surface area contributed by atoms with Gasteiger partial charge in [0.15, 0.2) is 0 Å². The Morgan fingerprint density at radius 1 is 1.46 bits per heavy atom. The number of hydrogen-bond acceptors (Lipinski definition) is 3. The molecular weight excluding hydrogens is 300 g/mol. The van der Waals surface area contributed by atoms with Crippen LogP contribution in [0.25, 0.3) is 0 Å². The van der Waals surface area contributed by atoms with E-state index < -0.39 is 0 Å². The number of halogens is 2. The molecule has 5 heteroatoms. The average Bonchev–Trinajstić information content (AvgIpc) is 2.00. The molecule has 1 aromatic heterocycles. The van der Waals surface area contributed by atoms with Crippen LogP contribution in [0.1, 0.15) is 0 Å². The molecule has 70 valence electrons. The Labute approximate surface area is 93.0 Å². The van der Waals surface area contributed by atoms with Crippen LogP contribution in [0.2, 0.25) is 0 Å². The maximum atomic E-state index is 9.13. The summed E-state index contributed by atoms with van der Waals surface area (Å²) in [5.41, 5.74) is 0. The van der Waals surface area contributed by atoms with Crippen LogP contribution in [-0.4, -0.2) is 29.3 Å². The first-order valence-electron chi connectivity index (χ1n) is 3.91. The highest BCUT2D eigenvalue weighted by molar-refractivity contribution is 9.11. The molecule has 1 saturated heterocycles. The van der Waals surface area contributed by atoms with E-state index in [9.17, 15) is 0 Å². The highest BCUT2D eigenvalue weighted by Crippen LogP contribution is 2.29. The zero-order valence-electron chi connectivity index (χ0n) is 6.74. The van der Waals surface area contributed by atoms with Crippen molar-refractivity contribution in [3.8, 4) is 0 Å². The Hall–Kier alpha value is -0.130. The number of β-amino-alcohol motifs (C(OH)–C–C–N with tert-alkyl or cyclic N) is 1. The van der Waals surface area contributed by atoms with Crippen LogP contribution in [0.3, 0.4) is 0 Å². The molecule has 0 radical (unpaired) electrons. The molecule has 0 amide bonds. The Balaban J connectivity index is 2.21. The summed E-state index contributed by atoms with van der Waals surface area (Å²) in [6.07, 6.45) is 1.56. The van der Waals surface area contributed by atoms with Gasteiger partial charge in [0.2, 0.25) is 0 Å². The van der Waals surface area contributed by atoms with Crippen LogP contribution in [0.4, 0.5) is 5.82 Å². The van der Waals surface area contributed by atoms with Gasteiger partial charge in [0, 0.05) is 23.8 Å². The molecule has 1 aromatic rings. The summed E-state index contributed by atoms with van der Waals surface area (Å²) in [5.74, 6) is 0.897. The third-order valence-electron chi connectivity index (χ3n) is 1.95. The molecule has 3 nitrogen and oxygen atoms in total. The predicted molar refractivity (Wildman–Crippen MR) is 57.9 cm³/mol.